The van der Waals surface area contributed by atoms with Crippen LogP contribution in [-0.4, -0.2) is 25.7 Å². The minimum absolute atomic E-state index is 0.223. The second-order valence-corrected chi connectivity index (χ2v) is 4.74. The zero-order valence-corrected chi connectivity index (χ0v) is 12.7. The lowest BCUT2D eigenvalue weighted by atomic mass is 10.0. The van der Waals surface area contributed by atoms with Gasteiger partial charge in [0, 0.05) is 10.9 Å². The van der Waals surface area contributed by atoms with Crippen LogP contribution in [0.1, 0.15) is 24.5 Å². The van der Waals surface area contributed by atoms with Gasteiger partial charge in [-0.15, -0.1) is 0 Å². The number of hydrogen-bond acceptors (Lipinski definition) is 4. The third kappa shape index (κ3) is 5.03. The Morgan fingerprint density at radius 3 is 2.53 bits per heavy atom. The van der Waals surface area contributed by atoms with E-state index in [1.54, 1.807) is 6.92 Å². The highest BCUT2D eigenvalue weighted by atomic mass is 79.9. The lowest BCUT2D eigenvalue weighted by Crippen LogP contribution is -2.09. The molecule has 0 amide bonds. The molecule has 0 aromatic heterocycles. The first kappa shape index (κ1) is 15.7. The first-order valence-electron chi connectivity index (χ1n) is 6.07. The summed E-state index contributed by atoms with van der Waals surface area (Å²) < 4.78 is 10.4. The van der Waals surface area contributed by atoms with Crippen molar-refractivity contribution in [1.82, 2.24) is 0 Å². The first-order chi connectivity index (χ1) is 9.08. The number of halogens is 1. The number of carbonyl (C=O) groups excluding carboxylic acids is 2. The van der Waals surface area contributed by atoms with Gasteiger partial charge < -0.3 is 9.47 Å². The predicted octanol–water partition coefficient (Wildman–Crippen LogP) is 2.66. The van der Waals surface area contributed by atoms with Gasteiger partial charge in [-0.3, -0.25) is 9.59 Å². The Morgan fingerprint density at radius 2 is 1.89 bits per heavy atom. The summed E-state index contributed by atoms with van der Waals surface area (Å²) in [6, 6.07) is 5.65. The molecule has 0 aliphatic rings. The number of carbonyl (C=O) groups is 2. The Morgan fingerprint density at radius 1 is 1.21 bits per heavy atom. The second-order valence-electron chi connectivity index (χ2n) is 3.95. The van der Waals surface area contributed by atoms with E-state index in [4.69, 9.17) is 4.74 Å². The van der Waals surface area contributed by atoms with Crippen molar-refractivity contribution in [1.29, 1.82) is 0 Å². The average molecular weight is 329 g/mol. The SMILES string of the molecule is CCOC(=O)Cc1cccc(CCC(=O)OC)c1Br. The van der Waals surface area contributed by atoms with E-state index in [2.05, 4.69) is 20.7 Å². The van der Waals surface area contributed by atoms with Crippen LogP contribution in [0.2, 0.25) is 0 Å². The van der Waals surface area contributed by atoms with Gasteiger partial charge in [-0.25, -0.2) is 0 Å². The third-order valence-corrected chi connectivity index (χ3v) is 3.64. The van der Waals surface area contributed by atoms with Crippen LogP contribution >= 0.6 is 15.9 Å². The topological polar surface area (TPSA) is 52.6 Å². The number of esters is 2. The predicted molar refractivity (Wildman–Crippen MR) is 74.8 cm³/mol. The molecule has 0 unspecified atom stereocenters. The van der Waals surface area contributed by atoms with Crippen LogP contribution in [0.4, 0.5) is 0 Å². The van der Waals surface area contributed by atoms with E-state index in [9.17, 15) is 9.59 Å². The summed E-state index contributed by atoms with van der Waals surface area (Å²) in [6.45, 7) is 2.15. The molecule has 0 radical (unpaired) electrons. The monoisotopic (exact) mass is 328 g/mol. The molecular weight excluding hydrogens is 312 g/mol. The highest BCUT2D eigenvalue weighted by Gasteiger charge is 2.11. The standard InChI is InChI=1S/C14H17BrO4/c1-3-19-13(17)9-11-6-4-5-10(14(11)15)7-8-12(16)18-2/h4-6H,3,7-9H2,1-2H3. The molecule has 0 aliphatic carbocycles. The number of hydrogen-bond donors (Lipinski definition) is 0. The maximum atomic E-state index is 11.5. The fraction of sp³-hybridized carbons (Fsp3) is 0.429. The first-order valence-corrected chi connectivity index (χ1v) is 6.86. The molecule has 0 N–H and O–H groups in total. The number of aryl methyl sites for hydroxylation is 1. The van der Waals surface area contributed by atoms with Gasteiger partial charge in [-0.2, -0.15) is 0 Å². The van der Waals surface area contributed by atoms with Crippen LogP contribution < -0.4 is 0 Å². The van der Waals surface area contributed by atoms with Gasteiger partial charge in [0.05, 0.1) is 20.1 Å². The number of benzene rings is 1. The lowest BCUT2D eigenvalue weighted by molar-refractivity contribution is -0.142. The van der Waals surface area contributed by atoms with E-state index in [1.165, 1.54) is 7.11 Å². The summed E-state index contributed by atoms with van der Waals surface area (Å²) in [7, 11) is 1.37. The molecule has 5 heteroatoms. The van der Waals surface area contributed by atoms with Gasteiger partial charge in [0.25, 0.3) is 0 Å². The van der Waals surface area contributed by atoms with E-state index in [0.717, 1.165) is 15.6 Å². The second kappa shape index (κ2) is 7.94. The highest BCUT2D eigenvalue weighted by molar-refractivity contribution is 9.10. The molecule has 0 saturated heterocycles. The summed E-state index contributed by atoms with van der Waals surface area (Å²) in [4.78, 5) is 22.6. The van der Waals surface area contributed by atoms with Crippen molar-refractivity contribution >= 4 is 27.9 Å². The average Bonchev–Trinajstić information content (AvgIpc) is 2.39. The third-order valence-electron chi connectivity index (χ3n) is 2.62. The number of methoxy groups -OCH3 is 1. The molecule has 0 saturated carbocycles. The molecular formula is C14H17BrO4. The van der Waals surface area contributed by atoms with Crippen LogP contribution in [-0.2, 0) is 31.9 Å². The van der Waals surface area contributed by atoms with Crippen LogP contribution in [0.25, 0.3) is 0 Å². The molecule has 1 aromatic rings. The molecule has 19 heavy (non-hydrogen) atoms. The maximum Gasteiger partial charge on any atom is 0.310 e. The molecule has 0 atom stereocenters. The van der Waals surface area contributed by atoms with Gasteiger partial charge in [-0.1, -0.05) is 34.1 Å². The summed E-state index contributed by atoms with van der Waals surface area (Å²) in [5, 5.41) is 0. The van der Waals surface area contributed by atoms with Gasteiger partial charge in [0.15, 0.2) is 0 Å². The molecule has 0 aliphatic heterocycles. The van der Waals surface area contributed by atoms with Crippen LogP contribution in [0.5, 0.6) is 0 Å². The molecule has 0 spiro atoms. The van der Waals surface area contributed by atoms with E-state index < -0.39 is 0 Å². The van der Waals surface area contributed by atoms with Gasteiger partial charge in [-0.05, 0) is 24.5 Å². The summed E-state index contributed by atoms with van der Waals surface area (Å²) in [6.07, 6.45) is 1.11. The van der Waals surface area contributed by atoms with E-state index in [0.29, 0.717) is 19.4 Å². The molecule has 1 rings (SSSR count). The van der Waals surface area contributed by atoms with E-state index in [1.807, 2.05) is 18.2 Å². The van der Waals surface area contributed by atoms with E-state index >= 15 is 0 Å². The Labute approximate surface area is 121 Å². The van der Waals surface area contributed by atoms with Gasteiger partial charge in [0.2, 0.25) is 0 Å². The molecule has 104 valence electrons. The van der Waals surface area contributed by atoms with Crippen LogP contribution in [0, 0.1) is 0 Å². The number of rotatable bonds is 6. The van der Waals surface area contributed by atoms with Crippen molar-refractivity contribution in [2.75, 3.05) is 13.7 Å². The van der Waals surface area contributed by atoms with Gasteiger partial charge >= 0.3 is 11.9 Å². The fourth-order valence-electron chi connectivity index (χ4n) is 1.67. The maximum absolute atomic E-state index is 11.5. The normalized spacial score (nSPS) is 10.1. The van der Waals surface area contributed by atoms with Gasteiger partial charge in [0.1, 0.15) is 0 Å². The summed E-state index contributed by atoms with van der Waals surface area (Å²) in [5.41, 5.74) is 1.84. The highest BCUT2D eigenvalue weighted by Crippen LogP contribution is 2.24. The van der Waals surface area contributed by atoms with Crippen molar-refractivity contribution in [2.45, 2.75) is 26.2 Å². The Kier molecular flexibility index (Phi) is 6.56. The molecule has 4 nitrogen and oxygen atoms in total. The van der Waals surface area contributed by atoms with Crippen molar-refractivity contribution in [3.63, 3.8) is 0 Å². The Hall–Kier alpha value is -1.36. The Bertz CT molecular complexity index is 457. The summed E-state index contributed by atoms with van der Waals surface area (Å²) >= 11 is 3.47. The largest absolute Gasteiger partial charge is 0.469 e. The van der Waals surface area contributed by atoms with Crippen molar-refractivity contribution < 1.29 is 19.1 Å². The van der Waals surface area contributed by atoms with Crippen molar-refractivity contribution in [3.8, 4) is 0 Å². The molecule has 0 heterocycles. The van der Waals surface area contributed by atoms with E-state index in [-0.39, 0.29) is 18.4 Å². The van der Waals surface area contributed by atoms with Crippen molar-refractivity contribution in [2.24, 2.45) is 0 Å². The molecule has 0 bridgehead atoms. The zero-order valence-electron chi connectivity index (χ0n) is 11.1. The molecule has 1 aromatic carbocycles. The lowest BCUT2D eigenvalue weighted by Gasteiger charge is -2.09. The minimum Gasteiger partial charge on any atom is -0.469 e. The van der Waals surface area contributed by atoms with Crippen molar-refractivity contribution in [3.05, 3.63) is 33.8 Å². The summed E-state index contributed by atoms with van der Waals surface area (Å²) in [5.74, 6) is -0.504. The fourth-order valence-corrected chi connectivity index (χ4v) is 2.27. The smallest absolute Gasteiger partial charge is 0.310 e. The Balaban J connectivity index is 2.74. The number of ether oxygens (including phenoxy) is 2. The zero-order chi connectivity index (χ0) is 14.3. The van der Waals surface area contributed by atoms with Crippen LogP contribution in [0.15, 0.2) is 22.7 Å². The quantitative estimate of drug-likeness (QED) is 0.753. The molecule has 0 fully saturated rings. The van der Waals surface area contributed by atoms with Crippen LogP contribution in [0.3, 0.4) is 0 Å². The minimum atomic E-state index is -0.256.